The van der Waals surface area contributed by atoms with Gasteiger partial charge in [0.1, 0.15) is 0 Å². The number of rotatable bonds is 3. The Morgan fingerprint density at radius 2 is 2.05 bits per heavy atom. The molecule has 0 amide bonds. The van der Waals surface area contributed by atoms with Crippen molar-refractivity contribution in [2.75, 3.05) is 0 Å². The van der Waals surface area contributed by atoms with Gasteiger partial charge in [-0.25, -0.2) is 9.37 Å². The van der Waals surface area contributed by atoms with E-state index >= 15 is 0 Å². The molecule has 3 nitrogen and oxygen atoms in total. The molecule has 1 aromatic heterocycles. The van der Waals surface area contributed by atoms with E-state index < -0.39 is 11.6 Å². The summed E-state index contributed by atoms with van der Waals surface area (Å²) in [6.07, 6.45) is 1.53. The molecular formula is C13H11BrF2N2O. The van der Waals surface area contributed by atoms with Gasteiger partial charge in [0, 0.05) is 22.8 Å². The Morgan fingerprint density at radius 3 is 2.63 bits per heavy atom. The van der Waals surface area contributed by atoms with E-state index in [-0.39, 0.29) is 17.7 Å². The first kappa shape index (κ1) is 13.9. The number of aromatic nitrogens is 1. The Bertz CT molecular complexity index is 588. The van der Waals surface area contributed by atoms with Crippen LogP contribution in [0.15, 0.2) is 34.9 Å². The second-order valence-corrected chi connectivity index (χ2v) is 4.94. The molecule has 6 heteroatoms. The number of nitrogens with zero attached hydrogens (tertiary/aromatic N) is 1. The summed E-state index contributed by atoms with van der Waals surface area (Å²) in [5, 5.41) is 0. The maximum Gasteiger partial charge on any atom is 0.219 e. The lowest BCUT2D eigenvalue weighted by atomic mass is 10.2. The number of halogens is 3. The van der Waals surface area contributed by atoms with Gasteiger partial charge < -0.3 is 10.5 Å². The van der Waals surface area contributed by atoms with Crippen molar-refractivity contribution < 1.29 is 13.5 Å². The summed E-state index contributed by atoms with van der Waals surface area (Å²) in [6, 6.07) is 5.48. The van der Waals surface area contributed by atoms with Crippen molar-refractivity contribution in [1.82, 2.24) is 4.98 Å². The highest BCUT2D eigenvalue weighted by Crippen LogP contribution is 2.28. The smallest absolute Gasteiger partial charge is 0.219 e. The van der Waals surface area contributed by atoms with E-state index in [4.69, 9.17) is 10.5 Å². The molecule has 0 saturated carbocycles. The quantitative estimate of drug-likeness (QED) is 0.868. The molecule has 1 atom stereocenters. The van der Waals surface area contributed by atoms with E-state index in [1.807, 2.05) is 6.92 Å². The standard InChI is InChI=1S/C13H11BrF2N2O/c1-7(17)8-2-3-12(18-6-8)19-11-5-9(14)4-10(15)13(11)16/h2-7H,17H2,1H3/t7-/m0/s1. The van der Waals surface area contributed by atoms with Crippen LogP contribution in [-0.2, 0) is 0 Å². The van der Waals surface area contributed by atoms with E-state index in [1.165, 1.54) is 12.3 Å². The van der Waals surface area contributed by atoms with Crippen LogP contribution in [0.4, 0.5) is 8.78 Å². The molecular weight excluding hydrogens is 318 g/mol. The van der Waals surface area contributed by atoms with E-state index in [0.29, 0.717) is 4.47 Å². The third-order valence-corrected chi connectivity index (χ3v) is 2.92. The molecule has 2 N–H and O–H groups in total. The van der Waals surface area contributed by atoms with E-state index in [9.17, 15) is 8.78 Å². The molecule has 2 rings (SSSR count). The number of nitrogens with two attached hydrogens (primary N) is 1. The Kier molecular flexibility index (Phi) is 4.11. The molecule has 0 aliphatic carbocycles. The highest BCUT2D eigenvalue weighted by atomic mass is 79.9. The molecule has 0 aliphatic rings. The fraction of sp³-hybridized carbons (Fsp3) is 0.154. The predicted molar refractivity (Wildman–Crippen MR) is 71.0 cm³/mol. The average molecular weight is 329 g/mol. The largest absolute Gasteiger partial charge is 0.436 e. The molecule has 0 radical (unpaired) electrons. The fourth-order valence-corrected chi connectivity index (χ4v) is 1.85. The van der Waals surface area contributed by atoms with Gasteiger partial charge in [-0.1, -0.05) is 22.0 Å². The molecule has 100 valence electrons. The zero-order valence-electron chi connectivity index (χ0n) is 10.0. The zero-order chi connectivity index (χ0) is 14.0. The molecule has 0 aliphatic heterocycles. The average Bonchev–Trinajstić information content (AvgIpc) is 2.36. The van der Waals surface area contributed by atoms with Gasteiger partial charge in [-0.3, -0.25) is 0 Å². The molecule has 0 fully saturated rings. The van der Waals surface area contributed by atoms with Crippen LogP contribution in [0, 0.1) is 11.6 Å². The van der Waals surface area contributed by atoms with Crippen molar-refractivity contribution in [2.24, 2.45) is 5.73 Å². The molecule has 19 heavy (non-hydrogen) atoms. The predicted octanol–water partition coefficient (Wildman–Crippen LogP) is 3.93. The Labute approximate surface area is 117 Å². The van der Waals surface area contributed by atoms with Crippen molar-refractivity contribution in [3.05, 3.63) is 52.1 Å². The van der Waals surface area contributed by atoms with Crippen molar-refractivity contribution >= 4 is 15.9 Å². The summed E-state index contributed by atoms with van der Waals surface area (Å²) < 4.78 is 32.3. The topological polar surface area (TPSA) is 48.1 Å². The fourth-order valence-electron chi connectivity index (χ4n) is 1.44. The molecule has 2 aromatic rings. The van der Waals surface area contributed by atoms with Gasteiger partial charge in [0.2, 0.25) is 11.7 Å². The third-order valence-electron chi connectivity index (χ3n) is 2.46. The highest BCUT2D eigenvalue weighted by Gasteiger charge is 2.12. The minimum atomic E-state index is -1.05. The lowest BCUT2D eigenvalue weighted by molar-refractivity contribution is 0.404. The minimum Gasteiger partial charge on any atom is -0.436 e. The summed E-state index contributed by atoms with van der Waals surface area (Å²) in [5.74, 6) is -2.11. The molecule has 0 spiro atoms. The van der Waals surface area contributed by atoms with Crippen molar-refractivity contribution in [2.45, 2.75) is 13.0 Å². The first-order valence-electron chi connectivity index (χ1n) is 5.51. The van der Waals surface area contributed by atoms with Crippen LogP contribution in [0.1, 0.15) is 18.5 Å². The number of benzene rings is 1. The van der Waals surface area contributed by atoms with Crippen molar-refractivity contribution in [3.63, 3.8) is 0 Å². The van der Waals surface area contributed by atoms with Gasteiger partial charge in [-0.15, -0.1) is 0 Å². The third kappa shape index (κ3) is 3.27. The number of pyridine rings is 1. The van der Waals surface area contributed by atoms with Crippen LogP contribution in [0.2, 0.25) is 0 Å². The van der Waals surface area contributed by atoms with Gasteiger partial charge in [0.25, 0.3) is 0 Å². The van der Waals surface area contributed by atoms with Crippen LogP contribution >= 0.6 is 15.9 Å². The van der Waals surface area contributed by atoms with Crippen LogP contribution in [-0.4, -0.2) is 4.98 Å². The lowest BCUT2D eigenvalue weighted by Gasteiger charge is -2.09. The summed E-state index contributed by atoms with van der Waals surface area (Å²) in [5.41, 5.74) is 6.51. The first-order chi connectivity index (χ1) is 8.97. The summed E-state index contributed by atoms with van der Waals surface area (Å²) in [4.78, 5) is 3.99. The normalized spacial score (nSPS) is 12.3. The Morgan fingerprint density at radius 1 is 1.32 bits per heavy atom. The number of hydrogen-bond donors (Lipinski definition) is 1. The van der Waals surface area contributed by atoms with Gasteiger partial charge in [0.15, 0.2) is 11.6 Å². The summed E-state index contributed by atoms with van der Waals surface area (Å²) in [6.45, 7) is 1.82. The number of hydrogen-bond acceptors (Lipinski definition) is 3. The van der Waals surface area contributed by atoms with Crippen molar-refractivity contribution in [3.8, 4) is 11.6 Å². The second kappa shape index (κ2) is 5.63. The molecule has 1 heterocycles. The van der Waals surface area contributed by atoms with E-state index in [2.05, 4.69) is 20.9 Å². The van der Waals surface area contributed by atoms with Crippen LogP contribution in [0.3, 0.4) is 0 Å². The second-order valence-electron chi connectivity index (χ2n) is 4.02. The van der Waals surface area contributed by atoms with Gasteiger partial charge in [-0.2, -0.15) is 4.39 Å². The monoisotopic (exact) mass is 328 g/mol. The van der Waals surface area contributed by atoms with E-state index in [1.54, 1.807) is 12.1 Å². The Balaban J connectivity index is 2.26. The molecule has 0 unspecified atom stereocenters. The number of ether oxygens (including phenoxy) is 1. The Hall–Kier alpha value is -1.53. The maximum atomic E-state index is 13.5. The van der Waals surface area contributed by atoms with Crippen molar-refractivity contribution in [1.29, 1.82) is 0 Å². The van der Waals surface area contributed by atoms with Gasteiger partial charge >= 0.3 is 0 Å². The minimum absolute atomic E-state index is 0.151. The van der Waals surface area contributed by atoms with E-state index in [0.717, 1.165) is 11.6 Å². The van der Waals surface area contributed by atoms with Crippen LogP contribution in [0.25, 0.3) is 0 Å². The summed E-state index contributed by atoms with van der Waals surface area (Å²) >= 11 is 3.07. The maximum absolute atomic E-state index is 13.5. The zero-order valence-corrected chi connectivity index (χ0v) is 11.6. The van der Waals surface area contributed by atoms with Crippen LogP contribution < -0.4 is 10.5 Å². The molecule has 0 bridgehead atoms. The van der Waals surface area contributed by atoms with Gasteiger partial charge in [0.05, 0.1) is 0 Å². The molecule has 0 saturated heterocycles. The first-order valence-corrected chi connectivity index (χ1v) is 6.30. The van der Waals surface area contributed by atoms with Crippen LogP contribution in [0.5, 0.6) is 11.6 Å². The van der Waals surface area contributed by atoms with Gasteiger partial charge in [-0.05, 0) is 24.6 Å². The molecule has 1 aromatic carbocycles. The SMILES string of the molecule is C[C@H](N)c1ccc(Oc2cc(Br)cc(F)c2F)nc1. The lowest BCUT2D eigenvalue weighted by Crippen LogP contribution is -2.05. The summed E-state index contributed by atoms with van der Waals surface area (Å²) in [7, 11) is 0. The highest BCUT2D eigenvalue weighted by molar-refractivity contribution is 9.10.